The molecule has 1 unspecified atom stereocenters. The average molecular weight is 266 g/mol. The van der Waals surface area contributed by atoms with Gasteiger partial charge >= 0.3 is 7.82 Å². The summed E-state index contributed by atoms with van der Waals surface area (Å²) in [5, 5.41) is 10.0. The molecule has 1 heterocycles. The maximum absolute atomic E-state index is 10.8. The number of rotatable bonds is 2. The minimum atomic E-state index is -4.80. The van der Waals surface area contributed by atoms with Crippen molar-refractivity contribution in [2.75, 3.05) is 11.0 Å². The number of halogens is 1. The lowest BCUT2D eigenvalue weighted by Crippen LogP contribution is -2.32. The maximum Gasteiger partial charge on any atom is 0.472 e. The predicted octanol–water partition coefficient (Wildman–Crippen LogP) is 0.915. The van der Waals surface area contributed by atoms with Crippen LogP contribution in [0.1, 0.15) is 5.56 Å². The van der Waals surface area contributed by atoms with Crippen LogP contribution in [0, 0.1) is 0 Å². The van der Waals surface area contributed by atoms with Crippen LogP contribution in [-0.4, -0.2) is 21.4 Å². The highest BCUT2D eigenvalue weighted by atomic mass is 35.5. The van der Waals surface area contributed by atoms with Crippen LogP contribution in [-0.2, 0) is 14.9 Å². The average Bonchev–Trinajstić information content (AvgIpc) is 2.37. The van der Waals surface area contributed by atoms with E-state index in [2.05, 4.69) is 4.52 Å². The monoisotopic (exact) mass is 265 g/mol. The van der Waals surface area contributed by atoms with Gasteiger partial charge in [0.15, 0.2) is 0 Å². The van der Waals surface area contributed by atoms with Crippen molar-refractivity contribution in [1.29, 1.82) is 0 Å². The first kappa shape index (κ1) is 11.9. The van der Waals surface area contributed by atoms with Gasteiger partial charge in [-0.1, -0.05) is 18.2 Å². The molecule has 8 heteroatoms. The lowest BCUT2D eigenvalue weighted by molar-refractivity contribution is -0.142. The van der Waals surface area contributed by atoms with Crippen molar-refractivity contribution >= 4 is 25.3 Å². The zero-order chi connectivity index (χ0) is 12.0. The number of phosphoric ester groups is 1. The Morgan fingerprint density at radius 1 is 1.44 bits per heavy atom. The van der Waals surface area contributed by atoms with Crippen molar-refractivity contribution in [1.82, 2.24) is 0 Å². The van der Waals surface area contributed by atoms with Crippen molar-refractivity contribution in [2.45, 2.75) is 5.79 Å². The zero-order valence-electron chi connectivity index (χ0n) is 7.95. The Bertz CT molecular complexity index is 463. The molecule has 1 aliphatic rings. The number of aliphatic hydroxyl groups is 1. The number of hydrogen-bond donors (Lipinski definition) is 3. The van der Waals surface area contributed by atoms with E-state index >= 15 is 0 Å². The van der Waals surface area contributed by atoms with Gasteiger partial charge in [-0.2, -0.15) is 0 Å². The van der Waals surface area contributed by atoms with Gasteiger partial charge in [-0.15, -0.1) is 0 Å². The van der Waals surface area contributed by atoms with Gasteiger partial charge in [0.05, 0.1) is 12.2 Å². The normalized spacial score (nSPS) is 24.6. The molecule has 0 aliphatic carbocycles. The molecule has 16 heavy (non-hydrogen) atoms. The van der Waals surface area contributed by atoms with Gasteiger partial charge < -0.3 is 14.9 Å². The molecule has 0 saturated heterocycles. The van der Waals surface area contributed by atoms with Gasteiger partial charge in [0.2, 0.25) is 5.79 Å². The highest BCUT2D eigenvalue weighted by Crippen LogP contribution is 2.50. The summed E-state index contributed by atoms with van der Waals surface area (Å²) < 4.78 is 16.3. The summed E-state index contributed by atoms with van der Waals surface area (Å²) in [6, 6.07) is 6.41. The van der Waals surface area contributed by atoms with Gasteiger partial charge in [-0.05, 0) is 6.07 Å². The number of para-hydroxylation sites is 1. The first-order valence-electron chi connectivity index (χ1n) is 4.33. The molecule has 1 atom stereocenters. The summed E-state index contributed by atoms with van der Waals surface area (Å²) >= 11 is 5.80. The number of fused-ring (bicyclic) bond motifs is 1. The summed E-state index contributed by atoms with van der Waals surface area (Å²) in [7, 11) is -4.80. The number of hydrogen-bond acceptors (Lipinski definition) is 4. The topological polar surface area (TPSA) is 90.2 Å². The molecular weight excluding hydrogens is 257 g/mol. The van der Waals surface area contributed by atoms with Crippen molar-refractivity contribution < 1.29 is 24.0 Å². The Balaban J connectivity index is 2.43. The van der Waals surface area contributed by atoms with Crippen LogP contribution in [0.3, 0.4) is 0 Å². The fourth-order valence-electron chi connectivity index (χ4n) is 1.65. The molecule has 0 saturated carbocycles. The molecule has 88 valence electrons. The third kappa shape index (κ3) is 2.08. The molecule has 0 radical (unpaired) electrons. The van der Waals surface area contributed by atoms with E-state index in [1.165, 1.54) is 6.07 Å². The molecule has 0 fully saturated rings. The molecule has 3 N–H and O–H groups in total. The van der Waals surface area contributed by atoms with Crippen LogP contribution in [0.2, 0.25) is 0 Å². The van der Waals surface area contributed by atoms with Crippen molar-refractivity contribution in [3.63, 3.8) is 0 Å². The number of nitrogens with zero attached hydrogens (tertiary/aromatic N) is 1. The second kappa shape index (κ2) is 3.70. The Labute approximate surface area is 96.4 Å². The van der Waals surface area contributed by atoms with E-state index in [1.807, 2.05) is 0 Å². The van der Waals surface area contributed by atoms with E-state index in [1.54, 1.807) is 18.2 Å². The Morgan fingerprint density at radius 3 is 2.69 bits per heavy atom. The minimum absolute atomic E-state index is 0.230. The van der Waals surface area contributed by atoms with Gasteiger partial charge in [0.1, 0.15) is 0 Å². The van der Waals surface area contributed by atoms with Gasteiger partial charge in [-0.3, -0.25) is 4.42 Å². The highest BCUT2D eigenvalue weighted by molar-refractivity contribution is 7.46. The lowest BCUT2D eigenvalue weighted by atomic mass is 10.1. The molecule has 0 amide bonds. The minimum Gasteiger partial charge on any atom is -0.360 e. The first-order valence-corrected chi connectivity index (χ1v) is 6.20. The van der Waals surface area contributed by atoms with Crippen LogP contribution < -0.4 is 4.42 Å². The van der Waals surface area contributed by atoms with E-state index < -0.39 is 13.6 Å². The third-order valence-corrected chi connectivity index (χ3v) is 3.05. The number of phosphoric acid groups is 1. The molecular formula is C8H9ClNO5P. The fraction of sp³-hybridized carbons (Fsp3) is 0.250. The van der Waals surface area contributed by atoms with Crippen LogP contribution in [0.25, 0.3) is 0 Å². The molecule has 0 bridgehead atoms. The van der Waals surface area contributed by atoms with E-state index in [0.29, 0.717) is 5.69 Å². The van der Waals surface area contributed by atoms with Gasteiger partial charge in [-0.25, -0.2) is 9.09 Å². The number of benzene rings is 1. The molecule has 0 spiro atoms. The van der Waals surface area contributed by atoms with E-state index in [0.717, 1.165) is 4.42 Å². The Hall–Kier alpha value is -0.620. The van der Waals surface area contributed by atoms with Crippen molar-refractivity contribution in [3.05, 3.63) is 29.8 Å². The number of anilines is 1. The lowest BCUT2D eigenvalue weighted by Gasteiger charge is -2.23. The number of β-amino-alcohol motifs (C(OH)–C–C–N with tert-alkyl or cyclic N) is 1. The van der Waals surface area contributed by atoms with Gasteiger partial charge in [0.25, 0.3) is 0 Å². The highest BCUT2D eigenvalue weighted by Gasteiger charge is 2.46. The summed E-state index contributed by atoms with van der Waals surface area (Å²) in [5.74, 6) is -2.09. The first-order chi connectivity index (χ1) is 7.32. The summed E-state index contributed by atoms with van der Waals surface area (Å²) in [4.78, 5) is 17.4. The van der Waals surface area contributed by atoms with E-state index in [-0.39, 0.29) is 12.1 Å². The molecule has 1 aromatic rings. The van der Waals surface area contributed by atoms with Crippen LogP contribution in [0.4, 0.5) is 5.69 Å². The second-order valence-electron chi connectivity index (χ2n) is 3.40. The summed E-state index contributed by atoms with van der Waals surface area (Å²) in [5.41, 5.74) is 0.688. The SMILES string of the molecule is O=P(O)(O)OC1(O)CN(Cl)c2ccccc21. The zero-order valence-corrected chi connectivity index (χ0v) is 9.60. The quantitative estimate of drug-likeness (QED) is 0.418. The smallest absolute Gasteiger partial charge is 0.360 e. The van der Waals surface area contributed by atoms with Crippen LogP contribution in [0.5, 0.6) is 0 Å². The fourth-order valence-corrected chi connectivity index (χ4v) is 2.51. The molecule has 2 rings (SSSR count). The molecule has 1 aliphatic heterocycles. The predicted molar refractivity (Wildman–Crippen MR) is 56.7 cm³/mol. The van der Waals surface area contributed by atoms with E-state index in [4.69, 9.17) is 21.6 Å². The van der Waals surface area contributed by atoms with Crippen molar-refractivity contribution in [2.24, 2.45) is 0 Å². The summed E-state index contributed by atoms with van der Waals surface area (Å²) in [6.45, 7) is -0.251. The standard InChI is InChI=1S/C8H9ClNO5P/c9-10-5-8(11,15-16(12,13)14)6-3-1-2-4-7(6)10/h1-4,11H,5H2,(H2,12,13,14). The van der Waals surface area contributed by atoms with Crippen LogP contribution >= 0.6 is 19.6 Å². The largest absolute Gasteiger partial charge is 0.472 e. The van der Waals surface area contributed by atoms with Crippen molar-refractivity contribution in [3.8, 4) is 0 Å². The maximum atomic E-state index is 10.8. The third-order valence-electron chi connectivity index (χ3n) is 2.21. The molecule has 0 aromatic heterocycles. The second-order valence-corrected chi connectivity index (χ2v) is 4.98. The summed E-state index contributed by atoms with van der Waals surface area (Å²) in [6.07, 6.45) is 0. The Morgan fingerprint density at radius 2 is 2.06 bits per heavy atom. The van der Waals surface area contributed by atoms with Crippen LogP contribution in [0.15, 0.2) is 24.3 Å². The Kier molecular flexibility index (Phi) is 2.74. The van der Waals surface area contributed by atoms with E-state index in [9.17, 15) is 9.67 Å². The molecule has 6 nitrogen and oxygen atoms in total. The molecule has 1 aromatic carbocycles. The van der Waals surface area contributed by atoms with Gasteiger partial charge in [0, 0.05) is 17.3 Å².